The molecule has 2 N–H and O–H groups in total. The van der Waals surface area contributed by atoms with E-state index in [4.69, 9.17) is 16.7 Å². The second kappa shape index (κ2) is 9.27. The van der Waals surface area contributed by atoms with E-state index < -0.39 is 0 Å². The summed E-state index contributed by atoms with van der Waals surface area (Å²) in [7, 11) is 0. The molecule has 0 aromatic heterocycles. The molecular formula is C15H22ClNO2S. The number of rotatable bonds is 8. The fourth-order valence-electron chi connectivity index (χ4n) is 1.96. The van der Waals surface area contributed by atoms with Crippen molar-refractivity contribution in [2.75, 3.05) is 18.6 Å². The standard InChI is InChI=1S/C15H22ClNO2S/c1-11(9-12-3-5-13(16)6-4-12)15(19)17-14(7-8-18)10-20-2/h3-6,11,14,18H,7-10H2,1-2H3,(H,17,19). The van der Waals surface area contributed by atoms with Crippen LogP contribution in [0.3, 0.4) is 0 Å². The molecular weight excluding hydrogens is 294 g/mol. The second-order valence-corrected chi connectivity index (χ2v) is 6.25. The Kier molecular flexibility index (Phi) is 8.04. The van der Waals surface area contributed by atoms with Gasteiger partial charge in [0.2, 0.25) is 5.91 Å². The monoisotopic (exact) mass is 315 g/mol. The smallest absolute Gasteiger partial charge is 0.223 e. The summed E-state index contributed by atoms with van der Waals surface area (Å²) in [6.07, 6.45) is 3.28. The predicted octanol–water partition coefficient (Wildman–Crippen LogP) is 2.75. The number of halogens is 1. The van der Waals surface area contributed by atoms with Gasteiger partial charge in [-0.15, -0.1) is 0 Å². The van der Waals surface area contributed by atoms with Gasteiger partial charge >= 0.3 is 0 Å². The minimum absolute atomic E-state index is 0.0347. The summed E-state index contributed by atoms with van der Waals surface area (Å²) >= 11 is 7.51. The van der Waals surface area contributed by atoms with E-state index in [-0.39, 0.29) is 24.5 Å². The summed E-state index contributed by atoms with van der Waals surface area (Å²) < 4.78 is 0. The quantitative estimate of drug-likeness (QED) is 0.775. The van der Waals surface area contributed by atoms with E-state index in [0.717, 1.165) is 11.3 Å². The lowest BCUT2D eigenvalue weighted by Crippen LogP contribution is -2.40. The minimum atomic E-state index is -0.0979. The van der Waals surface area contributed by atoms with E-state index in [1.54, 1.807) is 11.8 Å². The molecule has 2 unspecified atom stereocenters. The Morgan fingerprint density at radius 3 is 2.60 bits per heavy atom. The molecule has 0 aliphatic carbocycles. The van der Waals surface area contributed by atoms with Crippen molar-refractivity contribution in [3.8, 4) is 0 Å². The molecule has 112 valence electrons. The van der Waals surface area contributed by atoms with Crippen LogP contribution in [0.25, 0.3) is 0 Å². The van der Waals surface area contributed by atoms with Crippen molar-refractivity contribution in [1.82, 2.24) is 5.32 Å². The van der Waals surface area contributed by atoms with Crippen molar-refractivity contribution in [1.29, 1.82) is 0 Å². The Hall–Kier alpha value is -0.710. The topological polar surface area (TPSA) is 49.3 Å². The first-order valence-electron chi connectivity index (χ1n) is 6.71. The third kappa shape index (κ3) is 6.16. The molecule has 0 radical (unpaired) electrons. The number of hydrogen-bond donors (Lipinski definition) is 2. The van der Waals surface area contributed by atoms with Crippen molar-refractivity contribution in [2.45, 2.75) is 25.8 Å². The number of benzene rings is 1. The van der Waals surface area contributed by atoms with E-state index in [9.17, 15) is 4.79 Å². The lowest BCUT2D eigenvalue weighted by molar-refractivity contribution is -0.125. The van der Waals surface area contributed by atoms with Gasteiger partial charge in [-0.1, -0.05) is 30.7 Å². The van der Waals surface area contributed by atoms with Crippen LogP contribution < -0.4 is 5.32 Å². The van der Waals surface area contributed by atoms with Crippen molar-refractivity contribution >= 4 is 29.3 Å². The van der Waals surface area contributed by atoms with Crippen LogP contribution in [0.15, 0.2) is 24.3 Å². The van der Waals surface area contributed by atoms with Crippen molar-refractivity contribution in [3.63, 3.8) is 0 Å². The summed E-state index contributed by atoms with van der Waals surface area (Å²) in [5.74, 6) is 0.756. The average molecular weight is 316 g/mol. The van der Waals surface area contributed by atoms with Gasteiger partial charge in [0.05, 0.1) is 0 Å². The van der Waals surface area contributed by atoms with Gasteiger partial charge in [-0.3, -0.25) is 4.79 Å². The van der Waals surface area contributed by atoms with Crippen molar-refractivity contribution in [2.24, 2.45) is 5.92 Å². The fraction of sp³-hybridized carbons (Fsp3) is 0.533. The summed E-state index contributed by atoms with van der Waals surface area (Å²) in [5, 5.41) is 12.7. The Labute approximate surface area is 130 Å². The molecule has 1 aromatic carbocycles. The molecule has 1 aromatic rings. The van der Waals surface area contributed by atoms with Crippen LogP contribution in [0, 0.1) is 5.92 Å². The number of nitrogens with one attached hydrogen (secondary N) is 1. The number of hydrogen-bond acceptors (Lipinski definition) is 3. The van der Waals surface area contributed by atoms with Crippen LogP contribution in [0.4, 0.5) is 0 Å². The lowest BCUT2D eigenvalue weighted by Gasteiger charge is -2.19. The Bertz CT molecular complexity index is 405. The Balaban J connectivity index is 2.50. The van der Waals surface area contributed by atoms with Crippen LogP contribution in [0.2, 0.25) is 5.02 Å². The highest BCUT2D eigenvalue weighted by atomic mass is 35.5. The van der Waals surface area contributed by atoms with Gasteiger partial charge in [0.1, 0.15) is 0 Å². The first-order chi connectivity index (χ1) is 9.56. The number of thioether (sulfide) groups is 1. The van der Waals surface area contributed by atoms with Crippen molar-refractivity contribution < 1.29 is 9.90 Å². The first-order valence-corrected chi connectivity index (χ1v) is 8.48. The molecule has 0 saturated heterocycles. The third-order valence-electron chi connectivity index (χ3n) is 3.09. The highest BCUT2D eigenvalue weighted by Crippen LogP contribution is 2.14. The van der Waals surface area contributed by atoms with Crippen LogP contribution in [0.5, 0.6) is 0 Å². The zero-order chi connectivity index (χ0) is 15.0. The highest BCUT2D eigenvalue weighted by molar-refractivity contribution is 7.98. The molecule has 0 spiro atoms. The molecule has 20 heavy (non-hydrogen) atoms. The van der Waals surface area contributed by atoms with Gasteiger partial charge in [0.25, 0.3) is 0 Å². The van der Waals surface area contributed by atoms with E-state index in [1.807, 2.05) is 37.4 Å². The molecule has 0 heterocycles. The second-order valence-electron chi connectivity index (χ2n) is 4.90. The minimum Gasteiger partial charge on any atom is -0.396 e. The molecule has 3 nitrogen and oxygen atoms in total. The number of aliphatic hydroxyl groups excluding tert-OH is 1. The maximum atomic E-state index is 12.1. The van der Waals surface area contributed by atoms with Crippen molar-refractivity contribution in [3.05, 3.63) is 34.9 Å². The summed E-state index contributed by atoms with van der Waals surface area (Å²) in [6, 6.07) is 7.60. The predicted molar refractivity (Wildman–Crippen MR) is 86.3 cm³/mol. The molecule has 1 rings (SSSR count). The lowest BCUT2D eigenvalue weighted by atomic mass is 10.00. The van der Waals surface area contributed by atoms with Crippen LogP contribution in [0.1, 0.15) is 18.9 Å². The summed E-state index contributed by atoms with van der Waals surface area (Å²) in [4.78, 5) is 12.1. The Morgan fingerprint density at radius 1 is 1.40 bits per heavy atom. The molecule has 2 atom stereocenters. The van der Waals surface area contributed by atoms with Gasteiger partial charge in [0, 0.05) is 29.3 Å². The van der Waals surface area contributed by atoms with Gasteiger partial charge in [-0.25, -0.2) is 0 Å². The van der Waals surface area contributed by atoms with E-state index in [1.165, 1.54) is 0 Å². The summed E-state index contributed by atoms with van der Waals surface area (Å²) in [6.45, 7) is 2.01. The SMILES string of the molecule is CSCC(CCO)NC(=O)C(C)Cc1ccc(Cl)cc1. The fourth-order valence-corrected chi connectivity index (χ4v) is 2.74. The molecule has 5 heteroatoms. The van der Waals surface area contributed by atoms with Crippen LogP contribution in [-0.4, -0.2) is 35.7 Å². The van der Waals surface area contributed by atoms with Gasteiger partial charge < -0.3 is 10.4 Å². The number of carbonyl (C=O) groups excluding carboxylic acids is 1. The highest BCUT2D eigenvalue weighted by Gasteiger charge is 2.17. The molecule has 0 aliphatic rings. The maximum Gasteiger partial charge on any atom is 0.223 e. The molecule has 1 amide bonds. The van der Waals surface area contributed by atoms with Gasteiger partial charge in [-0.2, -0.15) is 11.8 Å². The normalized spacial score (nSPS) is 13.8. The van der Waals surface area contributed by atoms with Gasteiger partial charge in [0.15, 0.2) is 0 Å². The summed E-state index contributed by atoms with van der Waals surface area (Å²) in [5.41, 5.74) is 1.10. The Morgan fingerprint density at radius 2 is 2.05 bits per heavy atom. The number of carbonyl (C=O) groups is 1. The average Bonchev–Trinajstić information content (AvgIpc) is 2.42. The zero-order valence-electron chi connectivity index (χ0n) is 11.9. The maximum absolute atomic E-state index is 12.1. The largest absolute Gasteiger partial charge is 0.396 e. The van der Waals surface area contributed by atoms with Crippen LogP contribution >= 0.6 is 23.4 Å². The van der Waals surface area contributed by atoms with Gasteiger partial charge in [-0.05, 0) is 36.8 Å². The third-order valence-corrected chi connectivity index (χ3v) is 4.08. The molecule has 0 aliphatic heterocycles. The van der Waals surface area contributed by atoms with E-state index in [0.29, 0.717) is 17.9 Å². The zero-order valence-corrected chi connectivity index (χ0v) is 13.5. The van der Waals surface area contributed by atoms with E-state index in [2.05, 4.69) is 5.32 Å². The molecule has 0 fully saturated rings. The van der Waals surface area contributed by atoms with E-state index >= 15 is 0 Å². The number of aliphatic hydroxyl groups is 1. The molecule has 0 bridgehead atoms. The molecule has 0 saturated carbocycles. The first kappa shape index (κ1) is 17.3. The van der Waals surface area contributed by atoms with Crippen LogP contribution in [-0.2, 0) is 11.2 Å². The number of amides is 1.